The maximum atomic E-state index is 12.6. The zero-order chi connectivity index (χ0) is 22.5. The van der Waals surface area contributed by atoms with Gasteiger partial charge in [0.1, 0.15) is 22.8 Å². The number of nitrogens with one attached hydrogen (secondary N) is 3. The smallest absolute Gasteiger partial charge is 0.267 e. The quantitative estimate of drug-likeness (QED) is 0.434. The first-order chi connectivity index (χ1) is 15.5. The molecule has 1 fully saturated rings. The van der Waals surface area contributed by atoms with E-state index in [2.05, 4.69) is 42.7 Å². The second-order valence-corrected chi connectivity index (χ2v) is 9.07. The van der Waals surface area contributed by atoms with Crippen molar-refractivity contribution in [3.63, 3.8) is 0 Å². The summed E-state index contributed by atoms with van der Waals surface area (Å²) in [5, 5.41) is 10.5. The van der Waals surface area contributed by atoms with Crippen LogP contribution in [-0.4, -0.2) is 51.4 Å². The molecule has 0 saturated carbocycles. The SMILES string of the molecule is CCN1CCCC1CNc1cc(Nc2ncc(C(=O)Nc3c(C)cccc3Cl)s2)ncn1. The van der Waals surface area contributed by atoms with Gasteiger partial charge < -0.3 is 16.0 Å². The van der Waals surface area contributed by atoms with E-state index in [1.165, 1.54) is 36.7 Å². The fraction of sp³-hybridized carbons (Fsp3) is 0.364. The second-order valence-electron chi connectivity index (χ2n) is 7.63. The number of likely N-dealkylation sites (tertiary alicyclic amines) is 1. The van der Waals surface area contributed by atoms with Crippen molar-refractivity contribution in [1.29, 1.82) is 0 Å². The van der Waals surface area contributed by atoms with E-state index in [1.54, 1.807) is 6.07 Å². The molecule has 3 heterocycles. The molecule has 1 amide bonds. The van der Waals surface area contributed by atoms with Crippen molar-refractivity contribution in [2.24, 2.45) is 0 Å². The van der Waals surface area contributed by atoms with Gasteiger partial charge in [-0.3, -0.25) is 9.69 Å². The lowest BCUT2D eigenvalue weighted by molar-refractivity contribution is 0.103. The molecule has 0 bridgehead atoms. The summed E-state index contributed by atoms with van der Waals surface area (Å²) in [5.41, 5.74) is 1.51. The number of aromatic nitrogens is 3. The van der Waals surface area contributed by atoms with Gasteiger partial charge in [-0.05, 0) is 44.5 Å². The normalized spacial score (nSPS) is 16.2. The van der Waals surface area contributed by atoms with Crippen LogP contribution >= 0.6 is 22.9 Å². The van der Waals surface area contributed by atoms with Crippen molar-refractivity contribution in [3.8, 4) is 0 Å². The number of carbonyl (C=O) groups excluding carboxylic acids is 1. The molecule has 1 atom stereocenters. The number of para-hydroxylation sites is 1. The molecule has 10 heteroatoms. The first-order valence-electron chi connectivity index (χ1n) is 10.6. The fourth-order valence-electron chi connectivity index (χ4n) is 3.80. The number of rotatable bonds is 8. The van der Waals surface area contributed by atoms with Crippen LogP contribution < -0.4 is 16.0 Å². The van der Waals surface area contributed by atoms with Crippen molar-refractivity contribution < 1.29 is 4.79 Å². The number of aryl methyl sites for hydroxylation is 1. The van der Waals surface area contributed by atoms with E-state index in [9.17, 15) is 4.79 Å². The van der Waals surface area contributed by atoms with Gasteiger partial charge in [0.15, 0.2) is 5.13 Å². The largest absolute Gasteiger partial charge is 0.368 e. The Morgan fingerprint density at radius 1 is 1.28 bits per heavy atom. The lowest BCUT2D eigenvalue weighted by Gasteiger charge is -2.23. The molecule has 3 aromatic rings. The van der Waals surface area contributed by atoms with Gasteiger partial charge in [0, 0.05) is 18.7 Å². The first-order valence-corrected chi connectivity index (χ1v) is 11.8. The van der Waals surface area contributed by atoms with Crippen molar-refractivity contribution in [1.82, 2.24) is 19.9 Å². The summed E-state index contributed by atoms with van der Waals surface area (Å²) in [6, 6.07) is 7.87. The molecule has 8 nitrogen and oxygen atoms in total. The zero-order valence-electron chi connectivity index (χ0n) is 18.1. The number of hydrogen-bond donors (Lipinski definition) is 3. The summed E-state index contributed by atoms with van der Waals surface area (Å²) in [4.78, 5) is 28.5. The average Bonchev–Trinajstić information content (AvgIpc) is 3.44. The molecule has 168 valence electrons. The van der Waals surface area contributed by atoms with Gasteiger partial charge in [0.2, 0.25) is 0 Å². The minimum atomic E-state index is -0.256. The molecule has 0 spiro atoms. The summed E-state index contributed by atoms with van der Waals surface area (Å²) < 4.78 is 0. The van der Waals surface area contributed by atoms with Crippen LogP contribution in [0.1, 0.15) is 35.0 Å². The van der Waals surface area contributed by atoms with E-state index >= 15 is 0 Å². The van der Waals surface area contributed by atoms with Crippen LogP contribution in [0.25, 0.3) is 0 Å². The lowest BCUT2D eigenvalue weighted by atomic mass is 10.2. The van der Waals surface area contributed by atoms with Crippen LogP contribution in [0.2, 0.25) is 5.02 Å². The molecule has 1 aliphatic heterocycles. The van der Waals surface area contributed by atoms with E-state index in [0.717, 1.165) is 31.0 Å². The molecule has 32 heavy (non-hydrogen) atoms. The number of carbonyl (C=O) groups is 1. The van der Waals surface area contributed by atoms with Crippen LogP contribution in [0.5, 0.6) is 0 Å². The molecule has 1 unspecified atom stereocenters. The molecule has 0 aliphatic carbocycles. The van der Waals surface area contributed by atoms with Gasteiger partial charge >= 0.3 is 0 Å². The Morgan fingerprint density at radius 2 is 2.12 bits per heavy atom. The number of halogens is 1. The Balaban J connectivity index is 1.37. The summed E-state index contributed by atoms with van der Waals surface area (Å²) in [7, 11) is 0. The van der Waals surface area contributed by atoms with E-state index in [1.807, 2.05) is 25.1 Å². The Hall–Kier alpha value is -2.75. The highest BCUT2D eigenvalue weighted by atomic mass is 35.5. The van der Waals surface area contributed by atoms with Crippen LogP contribution in [0.15, 0.2) is 36.8 Å². The van der Waals surface area contributed by atoms with Crippen LogP contribution in [0.3, 0.4) is 0 Å². The number of hydrogen-bond acceptors (Lipinski definition) is 8. The standard InChI is InChI=1S/C22H26ClN7OS/c1-3-30-9-5-7-15(30)11-24-18-10-19(27-13-26-18)28-22-25-12-17(32-22)21(31)29-20-14(2)6-4-8-16(20)23/h4,6,8,10,12-13,15H,3,5,7,9,11H2,1-2H3,(H,29,31)(H2,24,25,26,27,28). The van der Waals surface area contributed by atoms with Crippen LogP contribution in [-0.2, 0) is 0 Å². The third-order valence-corrected chi connectivity index (χ3v) is 6.74. The molecule has 2 aromatic heterocycles. The predicted octanol–water partition coefficient (Wildman–Crippen LogP) is 4.79. The van der Waals surface area contributed by atoms with E-state index in [4.69, 9.17) is 11.6 Å². The average molecular weight is 472 g/mol. The van der Waals surface area contributed by atoms with Crippen molar-refractivity contribution in [3.05, 3.63) is 52.3 Å². The summed E-state index contributed by atoms with van der Waals surface area (Å²) in [5.74, 6) is 1.12. The number of benzene rings is 1. The number of nitrogens with zero attached hydrogens (tertiary/aromatic N) is 4. The number of likely N-dealkylation sites (N-methyl/N-ethyl adjacent to an activating group) is 1. The van der Waals surface area contributed by atoms with E-state index in [0.29, 0.717) is 32.6 Å². The summed E-state index contributed by atoms with van der Waals surface area (Å²) in [6.45, 7) is 7.18. The summed E-state index contributed by atoms with van der Waals surface area (Å²) >= 11 is 7.45. The predicted molar refractivity (Wildman–Crippen MR) is 130 cm³/mol. The molecule has 1 saturated heterocycles. The minimum Gasteiger partial charge on any atom is -0.368 e. The van der Waals surface area contributed by atoms with Crippen molar-refractivity contribution >= 4 is 51.3 Å². The maximum Gasteiger partial charge on any atom is 0.267 e. The summed E-state index contributed by atoms with van der Waals surface area (Å²) in [6.07, 6.45) is 5.49. The molecule has 0 radical (unpaired) electrons. The Kier molecular flexibility index (Phi) is 7.19. The topological polar surface area (TPSA) is 95.1 Å². The lowest BCUT2D eigenvalue weighted by Crippen LogP contribution is -2.34. The van der Waals surface area contributed by atoms with Gasteiger partial charge in [0.05, 0.1) is 16.9 Å². The third kappa shape index (κ3) is 5.35. The van der Waals surface area contributed by atoms with Crippen molar-refractivity contribution in [2.75, 3.05) is 35.6 Å². The zero-order valence-corrected chi connectivity index (χ0v) is 19.6. The van der Waals surface area contributed by atoms with E-state index in [-0.39, 0.29) is 5.91 Å². The van der Waals surface area contributed by atoms with Gasteiger partial charge in [0.25, 0.3) is 5.91 Å². The molecular weight excluding hydrogens is 446 g/mol. The number of thiazole rings is 1. The van der Waals surface area contributed by atoms with Crippen molar-refractivity contribution in [2.45, 2.75) is 32.7 Å². The monoisotopic (exact) mass is 471 g/mol. The van der Waals surface area contributed by atoms with Crippen LogP contribution in [0.4, 0.5) is 22.5 Å². The Morgan fingerprint density at radius 3 is 2.94 bits per heavy atom. The van der Waals surface area contributed by atoms with Gasteiger partial charge in [-0.1, -0.05) is 42.0 Å². The Bertz CT molecular complexity index is 1070. The highest BCUT2D eigenvalue weighted by Gasteiger charge is 2.22. The molecule has 4 rings (SSSR count). The minimum absolute atomic E-state index is 0.256. The third-order valence-electron chi connectivity index (χ3n) is 5.52. The Labute approximate surface area is 196 Å². The number of anilines is 4. The molecular formula is C22H26ClN7OS. The second kappa shape index (κ2) is 10.2. The molecule has 1 aromatic carbocycles. The maximum absolute atomic E-state index is 12.6. The highest BCUT2D eigenvalue weighted by molar-refractivity contribution is 7.17. The van der Waals surface area contributed by atoms with E-state index < -0.39 is 0 Å². The number of amides is 1. The van der Waals surface area contributed by atoms with Crippen LogP contribution in [0, 0.1) is 6.92 Å². The molecule has 1 aliphatic rings. The highest BCUT2D eigenvalue weighted by Crippen LogP contribution is 2.28. The van der Waals surface area contributed by atoms with Gasteiger partial charge in [-0.2, -0.15) is 0 Å². The van der Waals surface area contributed by atoms with Gasteiger partial charge in [-0.25, -0.2) is 15.0 Å². The van der Waals surface area contributed by atoms with Gasteiger partial charge in [-0.15, -0.1) is 0 Å². The molecule has 3 N–H and O–H groups in total. The first kappa shape index (κ1) is 22.4. The fourth-order valence-corrected chi connectivity index (χ4v) is 4.79.